The van der Waals surface area contributed by atoms with E-state index in [1.165, 1.54) is 16.7 Å². The Morgan fingerprint density at radius 3 is 2.47 bits per heavy atom. The summed E-state index contributed by atoms with van der Waals surface area (Å²) in [4.78, 5) is 9.17. The molecule has 19 heavy (non-hydrogen) atoms. The summed E-state index contributed by atoms with van der Waals surface area (Å²) < 4.78 is 0. The fourth-order valence-electron chi connectivity index (χ4n) is 2.39. The van der Waals surface area contributed by atoms with E-state index in [0.717, 1.165) is 22.4 Å². The fourth-order valence-corrected chi connectivity index (χ4v) is 2.39. The Balaban J connectivity index is 2.38. The lowest BCUT2D eigenvalue weighted by molar-refractivity contribution is 1.09. The quantitative estimate of drug-likeness (QED) is 0.644. The summed E-state index contributed by atoms with van der Waals surface area (Å²) in [6.07, 6.45) is 0. The van der Waals surface area contributed by atoms with Crippen LogP contribution in [-0.2, 0) is 0 Å². The Hall–Kier alpha value is -2.22. The summed E-state index contributed by atoms with van der Waals surface area (Å²) >= 11 is 0. The number of hydrogen-bond donors (Lipinski definition) is 0. The molecule has 0 amide bonds. The molecule has 0 unspecified atom stereocenters. The van der Waals surface area contributed by atoms with Crippen molar-refractivity contribution in [1.82, 2.24) is 9.97 Å². The van der Waals surface area contributed by atoms with Crippen LogP contribution >= 0.6 is 0 Å². The van der Waals surface area contributed by atoms with Crippen LogP contribution < -0.4 is 0 Å². The van der Waals surface area contributed by atoms with E-state index >= 15 is 0 Å². The van der Waals surface area contributed by atoms with Crippen LogP contribution in [0.15, 0.2) is 42.5 Å². The van der Waals surface area contributed by atoms with Gasteiger partial charge >= 0.3 is 0 Å². The molecule has 0 aliphatic carbocycles. The summed E-state index contributed by atoms with van der Waals surface area (Å²) in [5, 5.41) is 1.11. The van der Waals surface area contributed by atoms with Crippen LogP contribution in [-0.4, -0.2) is 9.97 Å². The number of nitrogens with zero attached hydrogens (tertiary/aromatic N) is 2. The number of rotatable bonds is 1. The monoisotopic (exact) mass is 248 g/mol. The van der Waals surface area contributed by atoms with Crippen molar-refractivity contribution in [2.45, 2.75) is 20.8 Å². The van der Waals surface area contributed by atoms with E-state index in [1.807, 2.05) is 25.1 Å². The predicted molar refractivity (Wildman–Crippen MR) is 79.2 cm³/mol. The van der Waals surface area contributed by atoms with Crippen LogP contribution in [0.1, 0.15) is 17.0 Å². The third-order valence-corrected chi connectivity index (χ3v) is 3.36. The third kappa shape index (κ3) is 2.10. The maximum absolute atomic E-state index is 4.66. The van der Waals surface area contributed by atoms with Crippen LogP contribution in [0.25, 0.3) is 22.2 Å². The van der Waals surface area contributed by atoms with Crippen molar-refractivity contribution in [2.75, 3.05) is 0 Å². The average molecular weight is 248 g/mol. The average Bonchev–Trinajstić information content (AvgIpc) is 2.40. The molecule has 0 radical (unpaired) electrons. The lowest BCUT2D eigenvalue weighted by atomic mass is 9.99. The molecule has 0 atom stereocenters. The highest BCUT2D eigenvalue weighted by Gasteiger charge is 2.10. The van der Waals surface area contributed by atoms with Crippen molar-refractivity contribution in [3.8, 4) is 11.3 Å². The zero-order valence-corrected chi connectivity index (χ0v) is 11.4. The molecule has 3 aromatic rings. The molecule has 2 aromatic carbocycles. The summed E-state index contributed by atoms with van der Waals surface area (Å²) in [5.41, 5.74) is 5.73. The molecule has 3 rings (SSSR count). The molecular weight excluding hydrogens is 232 g/mol. The summed E-state index contributed by atoms with van der Waals surface area (Å²) in [6.45, 7) is 6.18. The molecule has 1 heterocycles. The second kappa shape index (κ2) is 4.47. The van der Waals surface area contributed by atoms with Gasteiger partial charge in [-0.1, -0.05) is 35.9 Å². The van der Waals surface area contributed by atoms with Gasteiger partial charge in [0.1, 0.15) is 5.82 Å². The van der Waals surface area contributed by atoms with Crippen LogP contribution in [0, 0.1) is 20.8 Å². The van der Waals surface area contributed by atoms with Gasteiger partial charge in [0.25, 0.3) is 0 Å². The minimum absolute atomic E-state index is 0.814. The van der Waals surface area contributed by atoms with E-state index in [9.17, 15) is 0 Å². The second-order valence-corrected chi connectivity index (χ2v) is 4.95. The van der Waals surface area contributed by atoms with Gasteiger partial charge in [-0.3, -0.25) is 0 Å². The SMILES string of the molecule is Cc1ccc(C)c(-c2nc(C)nc3ccccc23)c1. The molecule has 1 aromatic heterocycles. The van der Waals surface area contributed by atoms with Gasteiger partial charge in [-0.25, -0.2) is 9.97 Å². The first-order valence-electron chi connectivity index (χ1n) is 6.46. The number of aromatic nitrogens is 2. The third-order valence-electron chi connectivity index (χ3n) is 3.36. The molecule has 0 aliphatic rings. The van der Waals surface area contributed by atoms with Crippen molar-refractivity contribution < 1.29 is 0 Å². The molecule has 0 saturated carbocycles. The van der Waals surface area contributed by atoms with Crippen molar-refractivity contribution in [2.24, 2.45) is 0 Å². The summed E-state index contributed by atoms with van der Waals surface area (Å²) in [6, 6.07) is 14.7. The largest absolute Gasteiger partial charge is 0.233 e. The molecule has 2 nitrogen and oxygen atoms in total. The van der Waals surface area contributed by atoms with E-state index in [1.54, 1.807) is 0 Å². The number of benzene rings is 2. The fraction of sp³-hybridized carbons (Fsp3) is 0.176. The van der Waals surface area contributed by atoms with E-state index in [-0.39, 0.29) is 0 Å². The minimum Gasteiger partial charge on any atom is -0.233 e. The Morgan fingerprint density at radius 2 is 1.63 bits per heavy atom. The van der Waals surface area contributed by atoms with Gasteiger partial charge < -0.3 is 0 Å². The Bertz CT molecular complexity index is 760. The molecule has 0 N–H and O–H groups in total. The Kier molecular flexibility index (Phi) is 2.79. The summed E-state index contributed by atoms with van der Waals surface area (Å²) in [5.74, 6) is 0.814. The topological polar surface area (TPSA) is 25.8 Å². The molecule has 0 bridgehead atoms. The normalized spacial score (nSPS) is 10.9. The molecule has 2 heteroatoms. The molecule has 94 valence electrons. The van der Waals surface area contributed by atoms with Crippen molar-refractivity contribution >= 4 is 10.9 Å². The maximum Gasteiger partial charge on any atom is 0.126 e. The van der Waals surface area contributed by atoms with Gasteiger partial charge in [0.15, 0.2) is 0 Å². The molecule has 0 fully saturated rings. The minimum atomic E-state index is 0.814. The van der Waals surface area contributed by atoms with Crippen LogP contribution in [0.5, 0.6) is 0 Å². The Labute approximate surface area is 113 Å². The maximum atomic E-state index is 4.66. The highest BCUT2D eigenvalue weighted by Crippen LogP contribution is 2.29. The lowest BCUT2D eigenvalue weighted by Crippen LogP contribution is -1.95. The van der Waals surface area contributed by atoms with Crippen molar-refractivity contribution in [3.63, 3.8) is 0 Å². The van der Waals surface area contributed by atoms with E-state index < -0.39 is 0 Å². The van der Waals surface area contributed by atoms with Crippen molar-refractivity contribution in [1.29, 1.82) is 0 Å². The standard InChI is InChI=1S/C17H16N2/c1-11-8-9-12(2)15(10-11)17-14-6-4-5-7-16(14)18-13(3)19-17/h4-10H,1-3H3. The van der Waals surface area contributed by atoms with Gasteiger partial charge in [-0.15, -0.1) is 0 Å². The molecule has 0 spiro atoms. The van der Waals surface area contributed by atoms with Crippen LogP contribution in [0.2, 0.25) is 0 Å². The zero-order chi connectivity index (χ0) is 13.4. The highest BCUT2D eigenvalue weighted by molar-refractivity contribution is 5.93. The number of fused-ring (bicyclic) bond motifs is 1. The van der Waals surface area contributed by atoms with Gasteiger partial charge in [-0.05, 0) is 38.5 Å². The number of aryl methyl sites for hydroxylation is 3. The van der Waals surface area contributed by atoms with Gasteiger partial charge in [0.05, 0.1) is 11.2 Å². The Morgan fingerprint density at radius 1 is 0.842 bits per heavy atom. The first kappa shape index (κ1) is 11.8. The first-order valence-corrected chi connectivity index (χ1v) is 6.46. The zero-order valence-electron chi connectivity index (χ0n) is 11.4. The van der Waals surface area contributed by atoms with E-state index in [4.69, 9.17) is 0 Å². The van der Waals surface area contributed by atoms with E-state index in [0.29, 0.717) is 0 Å². The van der Waals surface area contributed by atoms with Gasteiger partial charge in [0.2, 0.25) is 0 Å². The van der Waals surface area contributed by atoms with Crippen molar-refractivity contribution in [3.05, 3.63) is 59.4 Å². The van der Waals surface area contributed by atoms with Gasteiger partial charge in [-0.2, -0.15) is 0 Å². The lowest BCUT2D eigenvalue weighted by Gasteiger charge is -2.10. The second-order valence-electron chi connectivity index (χ2n) is 4.95. The molecule has 0 aliphatic heterocycles. The van der Waals surface area contributed by atoms with Crippen LogP contribution in [0.3, 0.4) is 0 Å². The van der Waals surface area contributed by atoms with E-state index in [2.05, 4.69) is 48.1 Å². The summed E-state index contributed by atoms with van der Waals surface area (Å²) in [7, 11) is 0. The van der Waals surface area contributed by atoms with Crippen LogP contribution in [0.4, 0.5) is 0 Å². The number of para-hydroxylation sites is 1. The first-order chi connectivity index (χ1) is 9.15. The molecular formula is C17H16N2. The molecule has 0 saturated heterocycles. The smallest absolute Gasteiger partial charge is 0.126 e. The predicted octanol–water partition coefficient (Wildman–Crippen LogP) is 4.22. The number of hydrogen-bond acceptors (Lipinski definition) is 2. The highest BCUT2D eigenvalue weighted by atomic mass is 14.9. The van der Waals surface area contributed by atoms with Gasteiger partial charge in [0, 0.05) is 10.9 Å².